The molecule has 0 aliphatic carbocycles. The number of hydrogen-bond donors (Lipinski definition) is 1. The largest absolute Gasteiger partial charge is 0.497 e. The molecule has 1 saturated heterocycles. The highest BCUT2D eigenvalue weighted by atomic mass is 16.5. The Morgan fingerprint density at radius 3 is 2.35 bits per heavy atom. The molecule has 1 aliphatic heterocycles. The van der Waals surface area contributed by atoms with E-state index in [1.807, 2.05) is 42.2 Å². The van der Waals surface area contributed by atoms with Crippen LogP contribution in [0.15, 0.2) is 60.7 Å². The van der Waals surface area contributed by atoms with Crippen LogP contribution in [0.1, 0.15) is 47.2 Å². The van der Waals surface area contributed by atoms with Gasteiger partial charge in [-0.3, -0.25) is 4.79 Å². The van der Waals surface area contributed by atoms with Crippen LogP contribution in [0.25, 0.3) is 0 Å². The van der Waals surface area contributed by atoms with Crippen LogP contribution in [0.2, 0.25) is 0 Å². The third kappa shape index (κ3) is 8.33. The van der Waals surface area contributed by atoms with Gasteiger partial charge in [-0.25, -0.2) is 0 Å². The lowest BCUT2D eigenvalue weighted by molar-refractivity contribution is 0.0633. The van der Waals surface area contributed by atoms with Crippen molar-refractivity contribution >= 4 is 5.91 Å². The third-order valence-electron chi connectivity index (χ3n) is 7.72. The van der Waals surface area contributed by atoms with Crippen LogP contribution in [0.3, 0.4) is 0 Å². The molecule has 0 bridgehead atoms. The van der Waals surface area contributed by atoms with Gasteiger partial charge in [-0.15, -0.1) is 0 Å². The van der Waals surface area contributed by atoms with E-state index in [9.17, 15) is 4.79 Å². The molecular formula is C34H44N2O7. The predicted octanol–water partition coefficient (Wildman–Crippen LogP) is 5.31. The van der Waals surface area contributed by atoms with Crippen molar-refractivity contribution in [2.45, 2.75) is 38.3 Å². The summed E-state index contributed by atoms with van der Waals surface area (Å²) in [6, 6.07) is 19.3. The summed E-state index contributed by atoms with van der Waals surface area (Å²) < 4.78 is 33.5. The molecule has 0 aromatic heterocycles. The van der Waals surface area contributed by atoms with E-state index < -0.39 is 0 Å². The van der Waals surface area contributed by atoms with Gasteiger partial charge < -0.3 is 38.6 Å². The fourth-order valence-electron chi connectivity index (χ4n) is 5.51. The van der Waals surface area contributed by atoms with Crippen LogP contribution in [0.4, 0.5) is 0 Å². The molecule has 232 valence electrons. The Labute approximate surface area is 255 Å². The van der Waals surface area contributed by atoms with Gasteiger partial charge in [0.05, 0.1) is 34.0 Å². The van der Waals surface area contributed by atoms with Gasteiger partial charge >= 0.3 is 0 Å². The number of nitrogens with one attached hydrogen (secondary N) is 1. The van der Waals surface area contributed by atoms with Gasteiger partial charge in [0.15, 0.2) is 11.5 Å². The summed E-state index contributed by atoms with van der Waals surface area (Å²) in [7, 11) is 6.53. The van der Waals surface area contributed by atoms with Crippen molar-refractivity contribution in [3.8, 4) is 28.7 Å². The quantitative estimate of drug-likeness (QED) is 0.238. The Balaban J connectivity index is 1.51. The highest BCUT2D eigenvalue weighted by Gasteiger charge is 2.34. The molecule has 1 heterocycles. The summed E-state index contributed by atoms with van der Waals surface area (Å²) in [5.41, 5.74) is 2.67. The molecule has 0 radical (unpaired) electrons. The summed E-state index contributed by atoms with van der Waals surface area (Å²) in [5, 5.41) is 3.50. The fourth-order valence-corrected chi connectivity index (χ4v) is 5.51. The van der Waals surface area contributed by atoms with Crippen molar-refractivity contribution in [1.29, 1.82) is 0 Å². The van der Waals surface area contributed by atoms with Gasteiger partial charge in [0.25, 0.3) is 5.91 Å². The van der Waals surface area contributed by atoms with Gasteiger partial charge in [0.2, 0.25) is 0 Å². The average Bonchev–Trinajstić information content (AvgIpc) is 3.06. The summed E-state index contributed by atoms with van der Waals surface area (Å²) in [6.45, 7) is 5.63. The minimum atomic E-state index is -0.0371. The second kappa shape index (κ2) is 16.0. The number of benzene rings is 3. The second-order valence-corrected chi connectivity index (χ2v) is 10.4. The van der Waals surface area contributed by atoms with Crippen molar-refractivity contribution in [2.24, 2.45) is 0 Å². The number of likely N-dealkylation sites (N-methyl/N-ethyl adjacent to an activating group) is 1. The Morgan fingerprint density at radius 1 is 0.860 bits per heavy atom. The molecule has 1 fully saturated rings. The van der Waals surface area contributed by atoms with E-state index in [-0.39, 0.29) is 17.9 Å². The zero-order chi connectivity index (χ0) is 30.6. The number of nitrogens with zero attached hydrogens (tertiary/aromatic N) is 1. The lowest BCUT2D eigenvalue weighted by Gasteiger charge is -2.40. The minimum Gasteiger partial charge on any atom is -0.497 e. The average molecular weight is 593 g/mol. The van der Waals surface area contributed by atoms with Crippen LogP contribution in [-0.2, 0) is 11.3 Å². The summed E-state index contributed by atoms with van der Waals surface area (Å²) >= 11 is 0. The van der Waals surface area contributed by atoms with Gasteiger partial charge in [-0.05, 0) is 73.5 Å². The number of carbonyl (C=O) groups is 1. The number of ether oxygens (including phenoxy) is 6. The first-order valence-electron chi connectivity index (χ1n) is 14.8. The van der Waals surface area contributed by atoms with Crippen molar-refractivity contribution in [2.75, 3.05) is 61.3 Å². The van der Waals surface area contributed by atoms with Crippen LogP contribution < -0.4 is 29.0 Å². The molecule has 3 aromatic carbocycles. The van der Waals surface area contributed by atoms with Crippen molar-refractivity contribution in [3.63, 3.8) is 0 Å². The first kappa shape index (κ1) is 32.0. The summed E-state index contributed by atoms with van der Waals surface area (Å²) in [6.07, 6.45) is 1.65. The fraction of sp³-hybridized carbons (Fsp3) is 0.441. The lowest BCUT2D eigenvalue weighted by atomic mass is 9.84. The second-order valence-electron chi connectivity index (χ2n) is 10.4. The molecule has 3 aromatic rings. The number of amides is 1. The van der Waals surface area contributed by atoms with E-state index in [2.05, 4.69) is 17.4 Å². The van der Waals surface area contributed by atoms with Crippen molar-refractivity contribution < 1.29 is 33.2 Å². The monoisotopic (exact) mass is 592 g/mol. The number of methoxy groups -OCH3 is 4. The predicted molar refractivity (Wildman–Crippen MR) is 166 cm³/mol. The first-order chi connectivity index (χ1) is 21.0. The SMILES string of the molecule is CCN(C(=O)c1ccc(OC)c(OCCCOC)c1)C1CNCC[C@@H]1c1cccc(OCc2cc(OC)cc(OC)c2)c1. The van der Waals surface area contributed by atoms with Gasteiger partial charge in [-0.2, -0.15) is 0 Å². The van der Waals surface area contributed by atoms with Crippen molar-refractivity contribution in [1.82, 2.24) is 10.2 Å². The maximum absolute atomic E-state index is 13.9. The number of hydrogen-bond acceptors (Lipinski definition) is 8. The van der Waals surface area contributed by atoms with E-state index in [4.69, 9.17) is 28.4 Å². The molecule has 43 heavy (non-hydrogen) atoms. The summed E-state index contributed by atoms with van der Waals surface area (Å²) in [5.74, 6) is 3.47. The zero-order valence-corrected chi connectivity index (χ0v) is 25.9. The van der Waals surface area contributed by atoms with Gasteiger partial charge in [0.1, 0.15) is 23.9 Å². The van der Waals surface area contributed by atoms with E-state index in [1.165, 1.54) is 0 Å². The van der Waals surface area contributed by atoms with Crippen molar-refractivity contribution in [3.05, 3.63) is 77.4 Å². The van der Waals surface area contributed by atoms with Crippen LogP contribution in [-0.4, -0.2) is 78.1 Å². The molecule has 1 aliphatic rings. The summed E-state index contributed by atoms with van der Waals surface area (Å²) in [4.78, 5) is 15.9. The molecule has 9 heteroatoms. The molecule has 0 spiro atoms. The number of carbonyl (C=O) groups excluding carboxylic acids is 1. The van der Waals surface area contributed by atoms with Crippen LogP contribution >= 0.6 is 0 Å². The number of rotatable bonds is 15. The number of piperidine rings is 1. The Hall–Kier alpha value is -3.95. The Morgan fingerprint density at radius 2 is 1.65 bits per heavy atom. The molecule has 2 atom stereocenters. The smallest absolute Gasteiger partial charge is 0.254 e. The van der Waals surface area contributed by atoms with Crippen LogP contribution in [0.5, 0.6) is 28.7 Å². The Kier molecular flexibility index (Phi) is 11.9. The topological polar surface area (TPSA) is 87.7 Å². The van der Waals surface area contributed by atoms with E-state index >= 15 is 0 Å². The minimum absolute atomic E-state index is 0.0303. The molecule has 1 unspecified atom stereocenters. The standard InChI is InChI=1S/C34H44N2O7/c1-6-36(34(37)26-11-12-32(41-5)33(20-26)42-16-8-15-38-2)31-22-35-14-13-30(31)25-9-7-10-27(19-25)43-23-24-17-28(39-3)21-29(18-24)40-4/h7,9-12,17-21,30-31,35H,6,8,13-16,22-23H2,1-5H3/t30-,31?/m1/s1. The van der Waals surface area contributed by atoms with Gasteiger partial charge in [0, 0.05) is 50.8 Å². The maximum Gasteiger partial charge on any atom is 0.254 e. The molecule has 1 amide bonds. The highest BCUT2D eigenvalue weighted by molar-refractivity contribution is 5.95. The molecule has 1 N–H and O–H groups in total. The molecule has 0 saturated carbocycles. The first-order valence-corrected chi connectivity index (χ1v) is 14.8. The zero-order valence-electron chi connectivity index (χ0n) is 25.9. The third-order valence-corrected chi connectivity index (χ3v) is 7.72. The van der Waals surface area contributed by atoms with E-state index in [1.54, 1.807) is 46.6 Å². The van der Waals surface area contributed by atoms with Crippen LogP contribution in [0, 0.1) is 0 Å². The lowest BCUT2D eigenvalue weighted by Crippen LogP contribution is -2.52. The molecule has 9 nitrogen and oxygen atoms in total. The normalized spacial score (nSPS) is 16.3. The maximum atomic E-state index is 13.9. The molecule has 4 rings (SSSR count). The van der Waals surface area contributed by atoms with E-state index in [0.717, 1.165) is 47.8 Å². The Bertz CT molecular complexity index is 1310. The van der Waals surface area contributed by atoms with E-state index in [0.29, 0.717) is 50.0 Å². The highest BCUT2D eigenvalue weighted by Crippen LogP contribution is 2.34. The molecular weight excluding hydrogens is 548 g/mol. The van der Waals surface area contributed by atoms with Gasteiger partial charge in [-0.1, -0.05) is 12.1 Å².